The average Bonchev–Trinajstić information content (AvgIpc) is 3.38. The number of terminal acetylenes is 1. The maximum absolute atomic E-state index is 13.8. The Morgan fingerprint density at radius 3 is 2.72 bits per heavy atom. The van der Waals surface area contributed by atoms with Gasteiger partial charge in [0, 0.05) is 23.7 Å². The molecule has 162 valence electrons. The van der Waals surface area contributed by atoms with Crippen molar-refractivity contribution < 1.29 is 29.0 Å². The van der Waals surface area contributed by atoms with Crippen LogP contribution in [0.1, 0.15) is 28.8 Å². The molecule has 0 unspecified atom stereocenters. The van der Waals surface area contributed by atoms with Gasteiger partial charge in [0.1, 0.15) is 5.54 Å². The van der Waals surface area contributed by atoms with Crippen molar-refractivity contribution in [1.82, 2.24) is 4.90 Å². The smallest absolute Gasteiger partial charge is 0.309 e. The molecule has 8 nitrogen and oxygen atoms in total. The molecule has 2 aromatic rings. The predicted molar refractivity (Wildman–Crippen MR) is 114 cm³/mol. The third kappa shape index (κ3) is 2.61. The summed E-state index contributed by atoms with van der Waals surface area (Å²) < 4.78 is 10.7. The van der Waals surface area contributed by atoms with Crippen LogP contribution in [0.2, 0.25) is 0 Å². The zero-order chi connectivity index (χ0) is 22.6. The van der Waals surface area contributed by atoms with Gasteiger partial charge in [-0.25, -0.2) is 0 Å². The Hall–Kier alpha value is -3.99. The molecular formula is C24H20N2O6. The van der Waals surface area contributed by atoms with Gasteiger partial charge in [0.05, 0.1) is 12.5 Å². The molecule has 3 aliphatic heterocycles. The first-order valence-electron chi connectivity index (χ1n) is 10.2. The molecule has 0 aliphatic carbocycles. The summed E-state index contributed by atoms with van der Waals surface area (Å²) in [4.78, 5) is 42.5. The summed E-state index contributed by atoms with van der Waals surface area (Å²) in [7, 11) is 0. The molecule has 0 radical (unpaired) electrons. The van der Waals surface area contributed by atoms with Crippen LogP contribution in [0.4, 0.5) is 5.69 Å². The van der Waals surface area contributed by atoms with Crippen LogP contribution in [0.25, 0.3) is 0 Å². The average molecular weight is 432 g/mol. The van der Waals surface area contributed by atoms with Gasteiger partial charge >= 0.3 is 5.97 Å². The molecule has 8 heteroatoms. The van der Waals surface area contributed by atoms with E-state index in [-0.39, 0.29) is 25.4 Å². The number of para-hydroxylation sites is 1. The molecule has 1 N–H and O–H groups in total. The maximum Gasteiger partial charge on any atom is 0.309 e. The van der Waals surface area contributed by atoms with E-state index in [1.807, 2.05) is 0 Å². The van der Waals surface area contributed by atoms with Crippen molar-refractivity contribution >= 4 is 23.5 Å². The van der Waals surface area contributed by atoms with Gasteiger partial charge in [0.2, 0.25) is 6.79 Å². The SMILES string of the molecule is C#CCN1C(=O)[C@]2(C)[C@H](c3ccccc31)[C@@H](C(=O)O)CN2C(=O)c1ccc2c(c1)OCO2. The van der Waals surface area contributed by atoms with E-state index < -0.39 is 35.2 Å². The fraction of sp³-hybridized carbons (Fsp3) is 0.292. The van der Waals surface area contributed by atoms with E-state index in [4.69, 9.17) is 15.9 Å². The quantitative estimate of drug-likeness (QED) is 0.747. The first kappa shape index (κ1) is 19.9. The van der Waals surface area contributed by atoms with E-state index in [1.54, 1.807) is 49.4 Å². The number of hydrogen-bond donors (Lipinski definition) is 1. The number of likely N-dealkylation sites (tertiary alicyclic amines) is 1. The number of carboxylic acids is 1. The normalized spacial score (nSPS) is 25.2. The number of benzene rings is 2. The van der Waals surface area contributed by atoms with Crippen molar-refractivity contribution in [2.75, 3.05) is 24.8 Å². The molecule has 3 heterocycles. The standard InChI is InChI=1S/C24H20N2O6/c1-3-10-25-17-7-5-4-6-15(17)20-16(22(28)29)12-26(24(20,2)23(25)30)21(27)14-8-9-18-19(11-14)32-13-31-18/h1,4-9,11,16,20H,10,12-13H2,2H3,(H,28,29)/t16-,20+,24-/m0/s1. The number of anilines is 1. The third-order valence-electron chi connectivity index (χ3n) is 6.62. The lowest BCUT2D eigenvalue weighted by Crippen LogP contribution is -2.61. The van der Waals surface area contributed by atoms with Gasteiger partial charge in [0.25, 0.3) is 11.8 Å². The van der Waals surface area contributed by atoms with Crippen LogP contribution >= 0.6 is 0 Å². The summed E-state index contributed by atoms with van der Waals surface area (Å²) >= 11 is 0. The van der Waals surface area contributed by atoms with E-state index in [0.29, 0.717) is 22.7 Å². The summed E-state index contributed by atoms with van der Waals surface area (Å²) in [6.45, 7) is 1.61. The summed E-state index contributed by atoms with van der Waals surface area (Å²) in [5, 5.41) is 10.0. The molecule has 1 fully saturated rings. The molecule has 2 aromatic carbocycles. The lowest BCUT2D eigenvalue weighted by molar-refractivity contribution is -0.141. The lowest BCUT2D eigenvalue weighted by Gasteiger charge is -2.46. The minimum atomic E-state index is -1.41. The van der Waals surface area contributed by atoms with E-state index >= 15 is 0 Å². The van der Waals surface area contributed by atoms with Crippen LogP contribution in [0.3, 0.4) is 0 Å². The highest BCUT2D eigenvalue weighted by atomic mass is 16.7. The highest BCUT2D eigenvalue weighted by molar-refractivity contribution is 6.09. The molecular weight excluding hydrogens is 412 g/mol. The molecule has 0 aromatic heterocycles. The van der Waals surface area contributed by atoms with Gasteiger partial charge in [-0.3, -0.25) is 19.3 Å². The Morgan fingerprint density at radius 1 is 1.22 bits per heavy atom. The first-order chi connectivity index (χ1) is 15.4. The van der Waals surface area contributed by atoms with Crippen molar-refractivity contribution in [3.05, 3.63) is 53.6 Å². The highest BCUT2D eigenvalue weighted by Crippen LogP contribution is 2.53. The Bertz CT molecular complexity index is 1200. The zero-order valence-corrected chi connectivity index (χ0v) is 17.3. The van der Waals surface area contributed by atoms with E-state index in [0.717, 1.165) is 0 Å². The molecule has 3 atom stereocenters. The summed E-state index contributed by atoms with van der Waals surface area (Å²) in [5.74, 6) is -0.107. The number of aliphatic carboxylic acids is 1. The molecule has 0 spiro atoms. The largest absolute Gasteiger partial charge is 0.481 e. The van der Waals surface area contributed by atoms with Crippen LogP contribution in [0.5, 0.6) is 11.5 Å². The second-order valence-electron chi connectivity index (χ2n) is 8.21. The fourth-order valence-electron chi connectivity index (χ4n) is 5.15. The third-order valence-corrected chi connectivity index (χ3v) is 6.62. The Morgan fingerprint density at radius 2 is 1.97 bits per heavy atom. The van der Waals surface area contributed by atoms with E-state index in [9.17, 15) is 19.5 Å². The summed E-state index contributed by atoms with van der Waals surface area (Å²) in [5.41, 5.74) is 0.150. The van der Waals surface area contributed by atoms with Gasteiger partial charge in [-0.2, -0.15) is 0 Å². The van der Waals surface area contributed by atoms with Gasteiger partial charge < -0.3 is 19.5 Å². The van der Waals surface area contributed by atoms with Crippen molar-refractivity contribution in [3.8, 4) is 23.8 Å². The zero-order valence-electron chi connectivity index (χ0n) is 17.3. The van der Waals surface area contributed by atoms with Crippen LogP contribution in [0.15, 0.2) is 42.5 Å². The van der Waals surface area contributed by atoms with E-state index in [1.165, 1.54) is 9.80 Å². The number of fused-ring (bicyclic) bond motifs is 4. The second-order valence-corrected chi connectivity index (χ2v) is 8.21. The van der Waals surface area contributed by atoms with Crippen molar-refractivity contribution in [2.24, 2.45) is 5.92 Å². The fourth-order valence-corrected chi connectivity index (χ4v) is 5.15. The summed E-state index contributed by atoms with van der Waals surface area (Å²) in [6, 6.07) is 11.9. The Kier molecular flexibility index (Phi) is 4.38. The van der Waals surface area contributed by atoms with Gasteiger partial charge in [-0.05, 0) is 36.8 Å². The molecule has 3 aliphatic rings. The molecule has 0 saturated carbocycles. The van der Waals surface area contributed by atoms with Gasteiger partial charge in [0.15, 0.2) is 11.5 Å². The number of nitrogens with zero attached hydrogens (tertiary/aromatic N) is 2. The number of amides is 2. The Labute approximate surface area is 184 Å². The second kappa shape index (κ2) is 7.02. The maximum atomic E-state index is 13.8. The summed E-state index contributed by atoms with van der Waals surface area (Å²) in [6.07, 6.45) is 5.53. The minimum Gasteiger partial charge on any atom is -0.481 e. The monoisotopic (exact) mass is 432 g/mol. The van der Waals surface area contributed by atoms with Crippen LogP contribution in [0, 0.1) is 18.3 Å². The first-order valence-corrected chi connectivity index (χ1v) is 10.2. The lowest BCUT2D eigenvalue weighted by atomic mass is 9.72. The number of carbonyl (C=O) groups is 3. The van der Waals surface area contributed by atoms with Gasteiger partial charge in [-0.15, -0.1) is 6.42 Å². The number of ether oxygens (including phenoxy) is 2. The van der Waals surface area contributed by atoms with Crippen molar-refractivity contribution in [2.45, 2.75) is 18.4 Å². The van der Waals surface area contributed by atoms with Crippen molar-refractivity contribution in [3.63, 3.8) is 0 Å². The van der Waals surface area contributed by atoms with Crippen LogP contribution in [-0.4, -0.2) is 53.2 Å². The van der Waals surface area contributed by atoms with Gasteiger partial charge in [-0.1, -0.05) is 24.1 Å². The number of hydrogen-bond acceptors (Lipinski definition) is 5. The number of carboxylic acid groups (broad SMARTS) is 1. The van der Waals surface area contributed by atoms with Crippen LogP contribution in [-0.2, 0) is 9.59 Å². The number of rotatable bonds is 3. The topological polar surface area (TPSA) is 96.4 Å². The highest BCUT2D eigenvalue weighted by Gasteiger charge is 2.63. The molecule has 5 rings (SSSR count). The Balaban J connectivity index is 1.65. The molecule has 32 heavy (non-hydrogen) atoms. The molecule has 0 bridgehead atoms. The number of carbonyl (C=O) groups excluding carboxylic acids is 2. The molecule has 2 amide bonds. The van der Waals surface area contributed by atoms with Crippen LogP contribution < -0.4 is 14.4 Å². The van der Waals surface area contributed by atoms with Crippen molar-refractivity contribution in [1.29, 1.82) is 0 Å². The predicted octanol–water partition coefficient (Wildman–Crippen LogP) is 2.09. The molecule has 1 saturated heterocycles. The minimum absolute atomic E-state index is 0.0158. The van der Waals surface area contributed by atoms with E-state index in [2.05, 4.69) is 5.92 Å².